The Bertz CT molecular complexity index is 835. The minimum atomic E-state index is -0.225. The van der Waals surface area contributed by atoms with Gasteiger partial charge in [0.25, 0.3) is 5.91 Å². The van der Waals surface area contributed by atoms with Crippen LogP contribution in [0.4, 0.5) is 10.8 Å². The number of quaternary nitrogens is 1. The summed E-state index contributed by atoms with van der Waals surface area (Å²) in [7, 11) is 1.96. The second-order valence-corrected chi connectivity index (χ2v) is 9.33. The van der Waals surface area contributed by atoms with Crippen molar-refractivity contribution >= 4 is 40.3 Å². The number of carbonyl (C=O) groups is 1. The molecule has 0 aliphatic heterocycles. The van der Waals surface area contributed by atoms with Crippen LogP contribution < -0.4 is 15.5 Å². The molecule has 0 saturated heterocycles. The monoisotopic (exact) mass is 394 g/mol. The van der Waals surface area contributed by atoms with Gasteiger partial charge in [0.05, 0.1) is 7.05 Å². The molecule has 0 aliphatic carbocycles. The van der Waals surface area contributed by atoms with Crippen molar-refractivity contribution in [3.8, 4) is 0 Å². The number of hydrogen-bond acceptors (Lipinski definition) is 5. The van der Waals surface area contributed by atoms with Crippen LogP contribution in [-0.4, -0.2) is 34.8 Å². The molecule has 0 saturated carbocycles. The van der Waals surface area contributed by atoms with Crippen molar-refractivity contribution in [2.75, 3.05) is 18.9 Å². The first-order chi connectivity index (χ1) is 12.0. The molecule has 2 aromatic rings. The molecule has 0 aliphatic rings. The van der Waals surface area contributed by atoms with E-state index in [0.717, 1.165) is 15.7 Å². The summed E-state index contributed by atoms with van der Waals surface area (Å²) >= 11 is 6.86. The zero-order valence-electron chi connectivity index (χ0n) is 16.3. The van der Waals surface area contributed by atoms with E-state index >= 15 is 0 Å². The van der Waals surface area contributed by atoms with E-state index in [1.54, 1.807) is 4.68 Å². The third kappa shape index (κ3) is 6.19. The van der Waals surface area contributed by atoms with Crippen LogP contribution in [0.3, 0.4) is 0 Å². The molecule has 1 atom stereocenters. The molecule has 1 aromatic carbocycles. The molecule has 0 radical (unpaired) electrons. The summed E-state index contributed by atoms with van der Waals surface area (Å²) < 4.78 is 2.46. The van der Waals surface area contributed by atoms with Crippen molar-refractivity contribution in [3.63, 3.8) is 0 Å². The molecule has 6 nitrogen and oxygen atoms in total. The number of aromatic nitrogens is 2. The number of hydrogen-bond donors (Lipinski definition) is 3. The van der Waals surface area contributed by atoms with E-state index in [4.69, 9.17) is 12.2 Å². The van der Waals surface area contributed by atoms with Gasteiger partial charge in [-0.15, -0.1) is 5.10 Å². The molecular weight excluding hydrogens is 366 g/mol. The predicted octanol–water partition coefficient (Wildman–Crippen LogP) is 2.42. The lowest BCUT2D eigenvalue weighted by Gasteiger charge is -2.21. The summed E-state index contributed by atoms with van der Waals surface area (Å²) in [6.45, 7) is 11.0. The average Bonchev–Trinajstić information content (AvgIpc) is 2.79. The van der Waals surface area contributed by atoms with E-state index in [-0.39, 0.29) is 11.4 Å². The van der Waals surface area contributed by atoms with E-state index in [2.05, 4.69) is 41.7 Å². The van der Waals surface area contributed by atoms with Crippen LogP contribution in [0.5, 0.6) is 0 Å². The fourth-order valence-corrected chi connectivity index (χ4v) is 3.59. The van der Waals surface area contributed by atoms with Gasteiger partial charge in [0.15, 0.2) is 17.2 Å². The number of benzene rings is 1. The number of aryl methyl sites for hydroxylation is 2. The van der Waals surface area contributed by atoms with Gasteiger partial charge in [-0.3, -0.25) is 4.79 Å². The van der Waals surface area contributed by atoms with Crippen LogP contribution in [0.2, 0.25) is 0 Å². The van der Waals surface area contributed by atoms with Gasteiger partial charge in [-0.25, -0.2) is 0 Å². The van der Waals surface area contributed by atoms with E-state index in [1.807, 2.05) is 33.9 Å². The van der Waals surface area contributed by atoms with Crippen molar-refractivity contribution < 1.29 is 9.69 Å². The van der Waals surface area contributed by atoms with Crippen molar-refractivity contribution in [2.24, 2.45) is 0 Å². The lowest BCUT2D eigenvalue weighted by Crippen LogP contribution is -3.09. The maximum Gasteiger partial charge on any atom is 0.275 e. The Labute approximate surface area is 164 Å². The van der Waals surface area contributed by atoms with Crippen molar-refractivity contribution in [1.82, 2.24) is 15.1 Å². The largest absolute Gasteiger partial charge is 0.347 e. The first kappa shape index (κ1) is 20.5. The topological polar surface area (TPSA) is 63.4 Å². The van der Waals surface area contributed by atoms with E-state index < -0.39 is 0 Å². The molecule has 142 valence electrons. The third-order valence-electron chi connectivity index (χ3n) is 3.63. The summed E-state index contributed by atoms with van der Waals surface area (Å²) in [6.07, 6.45) is 0. The summed E-state index contributed by atoms with van der Waals surface area (Å²) in [5.41, 5.74) is 3.19. The zero-order chi connectivity index (χ0) is 19.5. The van der Waals surface area contributed by atoms with Crippen LogP contribution in [0, 0.1) is 17.8 Å². The summed E-state index contributed by atoms with van der Waals surface area (Å²) in [5, 5.41) is 11.6. The Balaban J connectivity index is 2.01. The molecule has 1 unspecified atom stereocenters. The lowest BCUT2D eigenvalue weighted by molar-refractivity contribution is -0.895. The summed E-state index contributed by atoms with van der Waals surface area (Å²) in [5.74, 6) is 0.0189. The number of anilines is 2. The Morgan fingerprint density at radius 1 is 1.35 bits per heavy atom. The van der Waals surface area contributed by atoms with Gasteiger partial charge in [0, 0.05) is 11.2 Å². The number of nitrogens with zero attached hydrogens (tertiary/aromatic N) is 2. The molecule has 26 heavy (non-hydrogen) atoms. The summed E-state index contributed by atoms with van der Waals surface area (Å²) in [4.78, 5) is 13.1. The second kappa shape index (κ2) is 8.28. The van der Waals surface area contributed by atoms with Crippen LogP contribution in [0.15, 0.2) is 18.2 Å². The van der Waals surface area contributed by atoms with Crippen LogP contribution >= 0.6 is 23.6 Å². The Morgan fingerprint density at radius 3 is 2.65 bits per heavy atom. The molecular formula is C18H28N5OS2+. The van der Waals surface area contributed by atoms with Crippen LogP contribution in [-0.2, 0) is 11.5 Å². The molecule has 0 fully saturated rings. The fraction of sp³-hybridized carbons (Fsp3) is 0.500. The zero-order valence-corrected chi connectivity index (χ0v) is 17.9. The maximum atomic E-state index is 12.1. The molecule has 1 amide bonds. The fourth-order valence-electron chi connectivity index (χ4n) is 2.57. The Hall–Kier alpha value is -1.77. The highest BCUT2D eigenvalue weighted by molar-refractivity contribution is 7.73. The van der Waals surface area contributed by atoms with E-state index in [9.17, 15) is 4.79 Å². The first-order valence-corrected chi connectivity index (χ1v) is 9.80. The lowest BCUT2D eigenvalue weighted by atomic mass is 10.1. The molecule has 2 rings (SSSR count). The minimum Gasteiger partial charge on any atom is -0.347 e. The standard InChI is InChI=1S/C18H27N5OS2/c1-12-7-8-14(13(2)9-12)19-16-21-23(17(25)26-16)11-22(6)10-15(24)20-18(3,4)5/h7-9H,10-11H2,1-6H3,(H,19,21)(H,20,24)/p+1. The van der Waals surface area contributed by atoms with Crippen LogP contribution in [0.1, 0.15) is 31.9 Å². The molecule has 0 bridgehead atoms. The first-order valence-electron chi connectivity index (χ1n) is 8.58. The van der Waals surface area contributed by atoms with E-state index in [0.29, 0.717) is 17.2 Å². The van der Waals surface area contributed by atoms with Crippen LogP contribution in [0.25, 0.3) is 0 Å². The molecule has 1 heterocycles. The number of rotatable bonds is 6. The minimum absolute atomic E-state index is 0.0189. The molecule has 8 heteroatoms. The molecule has 0 spiro atoms. The highest BCUT2D eigenvalue weighted by Gasteiger charge is 2.18. The smallest absolute Gasteiger partial charge is 0.275 e. The highest BCUT2D eigenvalue weighted by atomic mass is 32.1. The average molecular weight is 395 g/mol. The Morgan fingerprint density at radius 2 is 2.04 bits per heavy atom. The Kier molecular flexibility index (Phi) is 6.54. The van der Waals surface area contributed by atoms with Crippen molar-refractivity contribution in [3.05, 3.63) is 33.3 Å². The number of amides is 1. The number of nitrogens with one attached hydrogen (secondary N) is 3. The highest BCUT2D eigenvalue weighted by Crippen LogP contribution is 2.23. The van der Waals surface area contributed by atoms with Gasteiger partial charge in [0.2, 0.25) is 5.13 Å². The van der Waals surface area contributed by atoms with Crippen molar-refractivity contribution in [1.29, 1.82) is 0 Å². The second-order valence-electron chi connectivity index (χ2n) is 7.71. The van der Waals surface area contributed by atoms with Gasteiger partial charge in [-0.1, -0.05) is 29.0 Å². The number of likely N-dealkylation sites (N-methyl/N-ethyl adjacent to an activating group) is 1. The van der Waals surface area contributed by atoms with Gasteiger partial charge in [-0.2, -0.15) is 4.68 Å². The third-order valence-corrected chi connectivity index (χ3v) is 4.85. The SMILES string of the molecule is Cc1ccc(Nc2nn(C[NH+](C)CC(=O)NC(C)(C)C)c(=S)s2)c(C)c1. The maximum absolute atomic E-state index is 12.1. The van der Waals surface area contributed by atoms with Gasteiger partial charge in [-0.05, 0) is 58.5 Å². The van der Waals surface area contributed by atoms with E-state index in [1.165, 1.54) is 22.5 Å². The normalized spacial score (nSPS) is 12.7. The predicted molar refractivity (Wildman–Crippen MR) is 110 cm³/mol. The number of carbonyl (C=O) groups excluding carboxylic acids is 1. The quantitative estimate of drug-likeness (QED) is 0.659. The van der Waals surface area contributed by atoms with Crippen molar-refractivity contribution in [2.45, 2.75) is 46.8 Å². The molecule has 3 N–H and O–H groups in total. The van der Waals surface area contributed by atoms with Gasteiger partial charge in [0.1, 0.15) is 0 Å². The van der Waals surface area contributed by atoms with Gasteiger partial charge < -0.3 is 15.5 Å². The van der Waals surface area contributed by atoms with Gasteiger partial charge >= 0.3 is 0 Å². The molecule has 1 aromatic heterocycles. The summed E-state index contributed by atoms with van der Waals surface area (Å²) in [6, 6.07) is 6.25.